The summed E-state index contributed by atoms with van der Waals surface area (Å²) in [5.74, 6) is 0.771. The summed E-state index contributed by atoms with van der Waals surface area (Å²) in [5, 5.41) is 6.38. The SMILES string of the molecule is CCC(CC)CNC(C)C(=O)NC(C)(C)CC. The summed E-state index contributed by atoms with van der Waals surface area (Å²) >= 11 is 0. The Labute approximate surface area is 107 Å². The first-order valence-electron chi connectivity index (χ1n) is 6.91. The maximum Gasteiger partial charge on any atom is 0.237 e. The van der Waals surface area contributed by atoms with Crippen LogP contribution in [0.25, 0.3) is 0 Å². The molecule has 0 heterocycles. The lowest BCUT2D eigenvalue weighted by Crippen LogP contribution is -2.51. The van der Waals surface area contributed by atoms with Gasteiger partial charge in [-0.25, -0.2) is 0 Å². The molecule has 3 heteroatoms. The zero-order valence-corrected chi connectivity index (χ0v) is 12.4. The monoisotopic (exact) mass is 242 g/mol. The molecule has 0 bridgehead atoms. The largest absolute Gasteiger partial charge is 0.350 e. The third-order valence-electron chi connectivity index (χ3n) is 3.61. The van der Waals surface area contributed by atoms with Crippen molar-refractivity contribution in [1.82, 2.24) is 10.6 Å². The van der Waals surface area contributed by atoms with Crippen LogP contribution in [0.15, 0.2) is 0 Å². The van der Waals surface area contributed by atoms with E-state index in [1.165, 1.54) is 0 Å². The Morgan fingerprint density at radius 3 is 2.12 bits per heavy atom. The minimum absolute atomic E-state index is 0.0998. The van der Waals surface area contributed by atoms with Gasteiger partial charge in [-0.1, -0.05) is 33.6 Å². The Balaban J connectivity index is 4.06. The fourth-order valence-corrected chi connectivity index (χ4v) is 1.54. The molecule has 0 aromatic carbocycles. The molecule has 0 aliphatic heterocycles. The van der Waals surface area contributed by atoms with Crippen LogP contribution in [0.1, 0.15) is 60.8 Å². The van der Waals surface area contributed by atoms with Crippen molar-refractivity contribution in [3.05, 3.63) is 0 Å². The fraction of sp³-hybridized carbons (Fsp3) is 0.929. The first kappa shape index (κ1) is 16.4. The van der Waals surface area contributed by atoms with Crippen LogP contribution in [0.5, 0.6) is 0 Å². The molecule has 1 amide bonds. The number of carbonyl (C=O) groups is 1. The molecule has 17 heavy (non-hydrogen) atoms. The molecule has 3 nitrogen and oxygen atoms in total. The van der Waals surface area contributed by atoms with Gasteiger partial charge in [0.2, 0.25) is 5.91 Å². The summed E-state index contributed by atoms with van der Waals surface area (Å²) in [7, 11) is 0. The van der Waals surface area contributed by atoms with Crippen molar-refractivity contribution in [2.75, 3.05) is 6.54 Å². The van der Waals surface area contributed by atoms with Crippen molar-refractivity contribution in [1.29, 1.82) is 0 Å². The van der Waals surface area contributed by atoms with E-state index in [1.54, 1.807) is 0 Å². The van der Waals surface area contributed by atoms with Crippen molar-refractivity contribution in [3.8, 4) is 0 Å². The van der Waals surface area contributed by atoms with Crippen LogP contribution in [-0.2, 0) is 4.79 Å². The predicted molar refractivity (Wildman–Crippen MR) is 74.0 cm³/mol. The van der Waals surface area contributed by atoms with E-state index in [9.17, 15) is 4.79 Å². The highest BCUT2D eigenvalue weighted by Crippen LogP contribution is 2.08. The van der Waals surface area contributed by atoms with Crippen molar-refractivity contribution >= 4 is 5.91 Å². The number of carbonyl (C=O) groups excluding carboxylic acids is 1. The van der Waals surface area contributed by atoms with Crippen LogP contribution in [0.3, 0.4) is 0 Å². The van der Waals surface area contributed by atoms with Gasteiger partial charge in [-0.3, -0.25) is 4.79 Å². The third kappa shape index (κ3) is 6.67. The molecule has 0 spiro atoms. The molecular weight excluding hydrogens is 212 g/mol. The zero-order valence-electron chi connectivity index (χ0n) is 12.4. The van der Waals surface area contributed by atoms with E-state index in [0.29, 0.717) is 5.92 Å². The highest BCUT2D eigenvalue weighted by Gasteiger charge is 2.21. The van der Waals surface area contributed by atoms with Gasteiger partial charge in [0, 0.05) is 5.54 Å². The van der Waals surface area contributed by atoms with Crippen LogP contribution in [0.4, 0.5) is 0 Å². The van der Waals surface area contributed by atoms with Crippen LogP contribution in [-0.4, -0.2) is 24.0 Å². The highest BCUT2D eigenvalue weighted by atomic mass is 16.2. The summed E-state index contributed by atoms with van der Waals surface area (Å²) in [6, 6.07) is -0.110. The molecule has 0 fully saturated rings. The normalized spacial score (nSPS) is 13.8. The molecule has 0 aromatic rings. The maximum atomic E-state index is 11.9. The quantitative estimate of drug-likeness (QED) is 0.687. The molecule has 0 aromatic heterocycles. The van der Waals surface area contributed by atoms with E-state index in [1.807, 2.05) is 6.92 Å². The lowest BCUT2D eigenvalue weighted by molar-refractivity contribution is -0.124. The van der Waals surface area contributed by atoms with Crippen molar-refractivity contribution in [2.24, 2.45) is 5.92 Å². The van der Waals surface area contributed by atoms with Gasteiger partial charge >= 0.3 is 0 Å². The predicted octanol–water partition coefficient (Wildman–Crippen LogP) is 2.71. The molecule has 1 unspecified atom stereocenters. The van der Waals surface area contributed by atoms with E-state index in [4.69, 9.17) is 0 Å². The molecule has 0 saturated carbocycles. The third-order valence-corrected chi connectivity index (χ3v) is 3.61. The van der Waals surface area contributed by atoms with Crippen molar-refractivity contribution in [2.45, 2.75) is 72.4 Å². The number of hydrogen-bond acceptors (Lipinski definition) is 2. The van der Waals surface area contributed by atoms with E-state index in [0.717, 1.165) is 25.8 Å². The van der Waals surface area contributed by atoms with Gasteiger partial charge in [0.25, 0.3) is 0 Å². The Hall–Kier alpha value is -0.570. The van der Waals surface area contributed by atoms with Gasteiger partial charge in [0.1, 0.15) is 0 Å². The average Bonchev–Trinajstić information content (AvgIpc) is 2.29. The lowest BCUT2D eigenvalue weighted by atomic mass is 10.0. The van der Waals surface area contributed by atoms with Crippen LogP contribution >= 0.6 is 0 Å². The van der Waals surface area contributed by atoms with E-state index >= 15 is 0 Å². The summed E-state index contributed by atoms with van der Waals surface area (Å²) in [5.41, 5.74) is -0.109. The summed E-state index contributed by atoms with van der Waals surface area (Å²) in [6.07, 6.45) is 3.27. The first-order chi connectivity index (χ1) is 7.86. The molecule has 0 radical (unpaired) electrons. The van der Waals surface area contributed by atoms with E-state index in [-0.39, 0.29) is 17.5 Å². The number of nitrogens with one attached hydrogen (secondary N) is 2. The minimum Gasteiger partial charge on any atom is -0.350 e. The van der Waals surface area contributed by atoms with Gasteiger partial charge in [-0.05, 0) is 39.7 Å². The second kappa shape index (κ2) is 7.70. The second-order valence-electron chi connectivity index (χ2n) is 5.54. The van der Waals surface area contributed by atoms with Gasteiger partial charge in [0.15, 0.2) is 0 Å². The Morgan fingerprint density at radius 2 is 1.71 bits per heavy atom. The Bertz CT molecular complexity index is 222. The topological polar surface area (TPSA) is 41.1 Å². The molecule has 102 valence electrons. The molecule has 0 rings (SSSR count). The summed E-state index contributed by atoms with van der Waals surface area (Å²) in [4.78, 5) is 11.9. The smallest absolute Gasteiger partial charge is 0.237 e. The molecule has 0 saturated heterocycles. The minimum atomic E-state index is -0.110. The highest BCUT2D eigenvalue weighted by molar-refractivity contribution is 5.81. The summed E-state index contributed by atoms with van der Waals surface area (Å²) in [6.45, 7) is 13.4. The number of amides is 1. The van der Waals surface area contributed by atoms with E-state index in [2.05, 4.69) is 45.3 Å². The first-order valence-corrected chi connectivity index (χ1v) is 6.91. The van der Waals surface area contributed by atoms with E-state index < -0.39 is 0 Å². The molecule has 0 aliphatic rings. The second-order valence-corrected chi connectivity index (χ2v) is 5.54. The zero-order chi connectivity index (χ0) is 13.5. The lowest BCUT2D eigenvalue weighted by Gasteiger charge is -2.27. The van der Waals surface area contributed by atoms with Crippen molar-refractivity contribution < 1.29 is 4.79 Å². The fourth-order valence-electron chi connectivity index (χ4n) is 1.54. The van der Waals surface area contributed by atoms with Crippen molar-refractivity contribution in [3.63, 3.8) is 0 Å². The standard InChI is InChI=1S/C14H30N2O/c1-7-12(8-2)10-15-11(4)13(17)16-14(5,6)9-3/h11-12,15H,7-10H2,1-6H3,(H,16,17). The summed E-state index contributed by atoms with van der Waals surface area (Å²) < 4.78 is 0. The van der Waals surface area contributed by atoms with Crippen LogP contribution in [0.2, 0.25) is 0 Å². The molecule has 2 N–H and O–H groups in total. The van der Waals surface area contributed by atoms with Gasteiger partial charge in [-0.2, -0.15) is 0 Å². The number of hydrogen-bond donors (Lipinski definition) is 2. The van der Waals surface area contributed by atoms with Gasteiger partial charge < -0.3 is 10.6 Å². The van der Waals surface area contributed by atoms with Gasteiger partial charge in [-0.15, -0.1) is 0 Å². The number of rotatable bonds is 8. The van der Waals surface area contributed by atoms with Gasteiger partial charge in [0.05, 0.1) is 6.04 Å². The van der Waals surface area contributed by atoms with Crippen LogP contribution < -0.4 is 10.6 Å². The Morgan fingerprint density at radius 1 is 1.18 bits per heavy atom. The molecule has 1 atom stereocenters. The molecular formula is C14H30N2O. The average molecular weight is 242 g/mol. The maximum absolute atomic E-state index is 11.9. The van der Waals surface area contributed by atoms with Crippen LogP contribution in [0, 0.1) is 5.92 Å². The Kier molecular flexibility index (Phi) is 7.44. The molecule has 0 aliphatic carbocycles.